The molecule has 4 rings (SSSR count). The molecule has 3 aromatic carbocycles. The first-order valence-electron chi connectivity index (χ1n) is 8.88. The van der Waals surface area contributed by atoms with Gasteiger partial charge in [-0.25, -0.2) is 0 Å². The number of halogens is 2. The number of ether oxygens (including phenoxy) is 1. The van der Waals surface area contributed by atoms with E-state index in [-0.39, 0.29) is 17.0 Å². The van der Waals surface area contributed by atoms with Gasteiger partial charge in [0, 0.05) is 0 Å². The van der Waals surface area contributed by atoms with Gasteiger partial charge in [-0.1, -0.05) is 66.2 Å². The predicted octanol–water partition coefficient (Wildman–Crippen LogP) is 1.71. The molecule has 0 saturated heterocycles. The monoisotopic (exact) mass is 456 g/mol. The van der Waals surface area contributed by atoms with E-state index in [1.165, 1.54) is 5.56 Å². The summed E-state index contributed by atoms with van der Waals surface area (Å²) in [5.41, 5.74) is 3.71. The van der Waals surface area contributed by atoms with Crippen molar-refractivity contribution < 1.29 is 21.7 Å². The molecule has 1 N–H and O–H groups in total. The van der Waals surface area contributed by atoms with Crippen molar-refractivity contribution in [1.82, 2.24) is 9.13 Å². The van der Waals surface area contributed by atoms with Crippen molar-refractivity contribution in [3.8, 4) is 5.75 Å². The van der Waals surface area contributed by atoms with Crippen LogP contribution in [-0.2, 0) is 13.1 Å². The van der Waals surface area contributed by atoms with Gasteiger partial charge < -0.3 is 30.9 Å². The molecule has 0 radical (unpaired) electrons. The molecule has 0 aliphatic carbocycles. The van der Waals surface area contributed by atoms with Crippen LogP contribution in [0.5, 0.6) is 5.75 Å². The Morgan fingerprint density at radius 2 is 1.39 bits per heavy atom. The van der Waals surface area contributed by atoms with Crippen molar-refractivity contribution in [2.24, 2.45) is 0 Å². The third-order valence-electron chi connectivity index (χ3n) is 4.57. The Morgan fingerprint density at radius 3 is 2.11 bits per heavy atom. The summed E-state index contributed by atoms with van der Waals surface area (Å²) in [7, 11) is 0. The molecule has 0 aliphatic heterocycles. The summed E-state index contributed by atoms with van der Waals surface area (Å²) < 4.78 is 9.84. The highest BCUT2D eigenvalue weighted by Gasteiger charge is 2.11. The van der Waals surface area contributed by atoms with Crippen molar-refractivity contribution >= 4 is 22.6 Å². The normalized spacial score (nSPS) is 10.6. The summed E-state index contributed by atoms with van der Waals surface area (Å²) in [5.74, 6) is 0.666. The molecule has 4 nitrogen and oxygen atoms in total. The molecule has 0 aliphatic rings. The summed E-state index contributed by atoms with van der Waals surface area (Å²) >= 11 is 6.15. The molecule has 0 atom stereocenters. The number of para-hydroxylation sites is 3. The first-order valence-corrected chi connectivity index (χ1v) is 9.26. The Balaban J connectivity index is 0.00000225. The molecule has 0 bridgehead atoms. The highest BCUT2D eigenvalue weighted by Crippen LogP contribution is 2.23. The SMILES string of the molecule is N=c1n(CCOc2ccccc2Cl)c2ccccc2n1Cc1ccccc1.[Br-]. The maximum atomic E-state index is 8.69. The summed E-state index contributed by atoms with van der Waals surface area (Å²) in [6.07, 6.45) is 0. The Labute approximate surface area is 179 Å². The standard InChI is InChI=1S/C22H20ClN3O.BrH/c23-18-10-4-7-13-21(18)27-15-14-25-19-11-5-6-12-20(19)26(22(25)24)16-17-8-2-1-3-9-17;/h1-13,24H,14-16H2;1H/p-1. The van der Waals surface area contributed by atoms with E-state index < -0.39 is 0 Å². The van der Waals surface area contributed by atoms with Gasteiger partial charge >= 0.3 is 0 Å². The van der Waals surface area contributed by atoms with Gasteiger partial charge in [-0.05, 0) is 29.8 Å². The second kappa shape index (κ2) is 9.13. The van der Waals surface area contributed by atoms with Crippen LogP contribution >= 0.6 is 11.6 Å². The van der Waals surface area contributed by atoms with Gasteiger partial charge in [0.1, 0.15) is 12.4 Å². The quantitative estimate of drug-likeness (QED) is 0.471. The first kappa shape index (κ1) is 20.2. The van der Waals surface area contributed by atoms with E-state index in [1.807, 2.05) is 69.8 Å². The lowest BCUT2D eigenvalue weighted by molar-refractivity contribution is -0.00000595. The number of hydrogen-bond donors (Lipinski definition) is 1. The minimum absolute atomic E-state index is 0. The fourth-order valence-corrected chi connectivity index (χ4v) is 3.45. The number of nitrogens with one attached hydrogen (secondary N) is 1. The maximum absolute atomic E-state index is 8.69. The maximum Gasteiger partial charge on any atom is 0.203 e. The highest BCUT2D eigenvalue weighted by atomic mass is 79.9. The molecule has 0 amide bonds. The van der Waals surface area contributed by atoms with Gasteiger partial charge in [0.2, 0.25) is 5.62 Å². The van der Waals surface area contributed by atoms with E-state index in [1.54, 1.807) is 0 Å². The average Bonchev–Trinajstić information content (AvgIpc) is 2.96. The molecule has 28 heavy (non-hydrogen) atoms. The lowest BCUT2D eigenvalue weighted by atomic mass is 10.2. The second-order valence-electron chi connectivity index (χ2n) is 6.31. The van der Waals surface area contributed by atoms with Crippen LogP contribution in [0, 0.1) is 5.41 Å². The van der Waals surface area contributed by atoms with Gasteiger partial charge in [-0.2, -0.15) is 0 Å². The van der Waals surface area contributed by atoms with E-state index in [2.05, 4.69) is 18.2 Å². The number of aromatic nitrogens is 2. The van der Waals surface area contributed by atoms with Crippen LogP contribution in [0.4, 0.5) is 0 Å². The zero-order valence-corrected chi connectivity index (χ0v) is 17.5. The lowest BCUT2D eigenvalue weighted by Crippen LogP contribution is -3.00. The molecule has 0 fully saturated rings. The minimum Gasteiger partial charge on any atom is -1.00 e. The molecule has 1 aromatic heterocycles. The van der Waals surface area contributed by atoms with E-state index in [0.29, 0.717) is 36.1 Å². The number of fused-ring (bicyclic) bond motifs is 1. The number of rotatable bonds is 6. The molecule has 0 unspecified atom stereocenters. The van der Waals surface area contributed by atoms with Crippen LogP contribution in [-0.4, -0.2) is 15.7 Å². The van der Waals surface area contributed by atoms with E-state index >= 15 is 0 Å². The Morgan fingerprint density at radius 1 is 0.786 bits per heavy atom. The highest BCUT2D eigenvalue weighted by molar-refractivity contribution is 6.32. The minimum atomic E-state index is 0. The lowest BCUT2D eigenvalue weighted by Gasteiger charge is -2.09. The molecular weight excluding hydrogens is 438 g/mol. The van der Waals surface area contributed by atoms with Crippen LogP contribution in [0.1, 0.15) is 5.56 Å². The van der Waals surface area contributed by atoms with Crippen molar-refractivity contribution in [2.75, 3.05) is 6.61 Å². The number of imidazole rings is 1. The topological polar surface area (TPSA) is 42.9 Å². The smallest absolute Gasteiger partial charge is 0.203 e. The third-order valence-corrected chi connectivity index (χ3v) is 4.88. The first-order chi connectivity index (χ1) is 13.2. The Hall–Kier alpha value is -2.50. The zero-order chi connectivity index (χ0) is 18.6. The Kier molecular flexibility index (Phi) is 6.60. The van der Waals surface area contributed by atoms with Crippen molar-refractivity contribution in [3.05, 3.63) is 95.1 Å². The third kappa shape index (κ3) is 4.16. The summed E-state index contributed by atoms with van der Waals surface area (Å²) in [6, 6.07) is 25.8. The van der Waals surface area contributed by atoms with Gasteiger partial charge in [0.15, 0.2) is 0 Å². The van der Waals surface area contributed by atoms with Gasteiger partial charge in [-0.15, -0.1) is 0 Å². The molecule has 6 heteroatoms. The summed E-state index contributed by atoms with van der Waals surface area (Å²) in [5, 5.41) is 9.29. The molecule has 4 aromatic rings. The summed E-state index contributed by atoms with van der Waals surface area (Å²) in [6.45, 7) is 1.69. The fourth-order valence-electron chi connectivity index (χ4n) is 3.26. The number of benzene rings is 3. The van der Waals surface area contributed by atoms with Crippen LogP contribution in [0.2, 0.25) is 5.02 Å². The average molecular weight is 458 g/mol. The van der Waals surface area contributed by atoms with Crippen LogP contribution in [0.15, 0.2) is 78.9 Å². The number of nitrogens with zero attached hydrogens (tertiary/aromatic N) is 2. The molecule has 0 spiro atoms. The van der Waals surface area contributed by atoms with E-state index in [4.69, 9.17) is 21.7 Å². The van der Waals surface area contributed by atoms with Crippen LogP contribution in [0.3, 0.4) is 0 Å². The molecule has 1 heterocycles. The van der Waals surface area contributed by atoms with Gasteiger partial charge in [-0.3, -0.25) is 5.41 Å². The predicted molar refractivity (Wildman–Crippen MR) is 108 cm³/mol. The number of hydrogen-bond acceptors (Lipinski definition) is 2. The van der Waals surface area contributed by atoms with E-state index in [0.717, 1.165) is 11.0 Å². The van der Waals surface area contributed by atoms with Crippen LogP contribution in [0.25, 0.3) is 11.0 Å². The fraction of sp³-hybridized carbons (Fsp3) is 0.136. The van der Waals surface area contributed by atoms with E-state index in [9.17, 15) is 0 Å². The second-order valence-corrected chi connectivity index (χ2v) is 6.72. The molecular formula is C22H20BrClN3O-. The largest absolute Gasteiger partial charge is 1.00 e. The summed E-state index contributed by atoms with van der Waals surface area (Å²) in [4.78, 5) is 0. The van der Waals surface area contributed by atoms with Crippen molar-refractivity contribution in [1.29, 1.82) is 5.41 Å². The Bertz CT molecular complexity index is 1120. The molecule has 0 saturated carbocycles. The zero-order valence-electron chi connectivity index (χ0n) is 15.2. The van der Waals surface area contributed by atoms with Crippen molar-refractivity contribution in [2.45, 2.75) is 13.1 Å². The van der Waals surface area contributed by atoms with Crippen molar-refractivity contribution in [3.63, 3.8) is 0 Å². The van der Waals surface area contributed by atoms with Gasteiger partial charge in [0.05, 0.1) is 29.1 Å². The molecule has 144 valence electrons. The van der Waals surface area contributed by atoms with Crippen LogP contribution < -0.4 is 27.3 Å². The van der Waals surface area contributed by atoms with Gasteiger partial charge in [0.25, 0.3) is 0 Å².